The van der Waals surface area contributed by atoms with Crippen LogP contribution in [0.1, 0.15) is 13.3 Å². The van der Waals surface area contributed by atoms with Crippen LogP contribution in [0.5, 0.6) is 0 Å². The molecule has 0 spiro atoms. The van der Waals surface area contributed by atoms with Gasteiger partial charge in [-0.3, -0.25) is 0 Å². The number of hydrogen-bond donors (Lipinski definition) is 1. The van der Waals surface area contributed by atoms with Crippen molar-refractivity contribution >= 4 is 23.2 Å². The van der Waals surface area contributed by atoms with E-state index < -0.39 is 0 Å². The molecule has 0 aliphatic rings. The minimum Gasteiger partial charge on any atom is -0.330 e. The van der Waals surface area contributed by atoms with E-state index in [0.717, 1.165) is 6.42 Å². The molecule has 0 fully saturated rings. The third kappa shape index (κ3) is 2.32. The SMILES string of the molecule is CCC(CN)(CCl)CCl. The van der Waals surface area contributed by atoms with Crippen molar-refractivity contribution in [3.63, 3.8) is 0 Å². The van der Waals surface area contributed by atoms with Crippen LogP contribution in [0.3, 0.4) is 0 Å². The summed E-state index contributed by atoms with van der Waals surface area (Å²) in [6, 6.07) is 0. The fraction of sp³-hybridized carbons (Fsp3) is 1.00. The van der Waals surface area contributed by atoms with Crippen molar-refractivity contribution in [2.24, 2.45) is 11.1 Å². The van der Waals surface area contributed by atoms with Gasteiger partial charge in [-0.25, -0.2) is 0 Å². The van der Waals surface area contributed by atoms with E-state index >= 15 is 0 Å². The van der Waals surface area contributed by atoms with E-state index in [1.165, 1.54) is 0 Å². The highest BCUT2D eigenvalue weighted by Crippen LogP contribution is 2.23. The molecular formula is C6H13Cl2N. The Morgan fingerprint density at radius 2 is 1.78 bits per heavy atom. The summed E-state index contributed by atoms with van der Waals surface area (Å²) in [6.07, 6.45) is 0.955. The molecule has 0 atom stereocenters. The van der Waals surface area contributed by atoms with Crippen LogP contribution in [0.25, 0.3) is 0 Å². The first-order valence-corrected chi connectivity index (χ1v) is 4.13. The molecule has 0 aliphatic carbocycles. The minimum atomic E-state index is -0.0247. The first kappa shape index (κ1) is 9.54. The van der Waals surface area contributed by atoms with Gasteiger partial charge in [-0.2, -0.15) is 0 Å². The van der Waals surface area contributed by atoms with Crippen LogP contribution >= 0.6 is 23.2 Å². The Hall–Kier alpha value is 0.540. The lowest BCUT2D eigenvalue weighted by Crippen LogP contribution is -2.33. The zero-order chi connectivity index (χ0) is 7.33. The molecular weight excluding hydrogens is 157 g/mol. The largest absolute Gasteiger partial charge is 0.330 e. The summed E-state index contributed by atoms with van der Waals surface area (Å²) in [4.78, 5) is 0. The second-order valence-electron chi connectivity index (χ2n) is 2.32. The lowest BCUT2D eigenvalue weighted by Gasteiger charge is -2.25. The van der Waals surface area contributed by atoms with Gasteiger partial charge in [0.1, 0.15) is 0 Å². The van der Waals surface area contributed by atoms with Gasteiger partial charge in [0.25, 0.3) is 0 Å². The van der Waals surface area contributed by atoms with Crippen LogP contribution in [0.15, 0.2) is 0 Å². The van der Waals surface area contributed by atoms with E-state index in [1.807, 2.05) is 0 Å². The van der Waals surface area contributed by atoms with Crippen LogP contribution in [0, 0.1) is 5.41 Å². The molecule has 0 rings (SSSR count). The molecule has 1 nitrogen and oxygen atoms in total. The maximum absolute atomic E-state index is 5.66. The van der Waals surface area contributed by atoms with Gasteiger partial charge in [0.2, 0.25) is 0 Å². The van der Waals surface area contributed by atoms with Crippen LogP contribution < -0.4 is 5.73 Å². The maximum atomic E-state index is 5.66. The first-order chi connectivity index (χ1) is 4.24. The van der Waals surface area contributed by atoms with E-state index in [4.69, 9.17) is 28.9 Å². The normalized spacial score (nSPS) is 12.0. The van der Waals surface area contributed by atoms with Crippen LogP contribution in [0.2, 0.25) is 0 Å². The Kier molecular flexibility index (Phi) is 4.63. The number of alkyl halides is 2. The fourth-order valence-electron chi connectivity index (χ4n) is 0.478. The second kappa shape index (κ2) is 4.37. The standard InChI is InChI=1S/C6H13Cl2N/c1-2-6(3-7,4-8)5-9/h2-5,9H2,1H3. The van der Waals surface area contributed by atoms with Crippen LogP contribution in [-0.2, 0) is 0 Å². The molecule has 56 valence electrons. The summed E-state index contributed by atoms with van der Waals surface area (Å²) in [5, 5.41) is 0. The molecule has 9 heavy (non-hydrogen) atoms. The predicted molar refractivity (Wildman–Crippen MR) is 43.2 cm³/mol. The lowest BCUT2D eigenvalue weighted by atomic mass is 9.90. The van der Waals surface area contributed by atoms with Gasteiger partial charge in [0.15, 0.2) is 0 Å². The predicted octanol–water partition coefficient (Wildman–Crippen LogP) is 1.82. The molecule has 0 radical (unpaired) electrons. The summed E-state index contributed by atoms with van der Waals surface area (Å²) < 4.78 is 0. The monoisotopic (exact) mass is 169 g/mol. The highest BCUT2D eigenvalue weighted by atomic mass is 35.5. The zero-order valence-electron chi connectivity index (χ0n) is 5.66. The van der Waals surface area contributed by atoms with E-state index in [-0.39, 0.29) is 5.41 Å². The third-order valence-corrected chi connectivity index (χ3v) is 2.88. The van der Waals surface area contributed by atoms with Gasteiger partial charge in [0, 0.05) is 23.7 Å². The van der Waals surface area contributed by atoms with Crippen molar-refractivity contribution in [1.82, 2.24) is 0 Å². The molecule has 2 N–H and O–H groups in total. The number of halogens is 2. The van der Waals surface area contributed by atoms with Crippen LogP contribution in [0.4, 0.5) is 0 Å². The number of rotatable bonds is 4. The van der Waals surface area contributed by atoms with Crippen molar-refractivity contribution in [2.75, 3.05) is 18.3 Å². The fourth-order valence-corrected chi connectivity index (χ4v) is 1.36. The second-order valence-corrected chi connectivity index (χ2v) is 2.86. The number of nitrogens with two attached hydrogens (primary N) is 1. The van der Waals surface area contributed by atoms with Crippen molar-refractivity contribution in [3.8, 4) is 0 Å². The van der Waals surface area contributed by atoms with Crippen molar-refractivity contribution in [2.45, 2.75) is 13.3 Å². The first-order valence-electron chi connectivity index (χ1n) is 3.06. The highest BCUT2D eigenvalue weighted by Gasteiger charge is 2.23. The third-order valence-electron chi connectivity index (χ3n) is 1.75. The quantitative estimate of drug-likeness (QED) is 0.640. The molecule has 0 aliphatic heterocycles. The summed E-state index contributed by atoms with van der Waals surface area (Å²) >= 11 is 11.3. The van der Waals surface area contributed by atoms with Gasteiger partial charge in [-0.15, -0.1) is 23.2 Å². The lowest BCUT2D eigenvalue weighted by molar-refractivity contribution is 0.377. The molecule has 3 heteroatoms. The van der Waals surface area contributed by atoms with Crippen molar-refractivity contribution < 1.29 is 0 Å². The molecule has 0 aromatic heterocycles. The van der Waals surface area contributed by atoms with Crippen molar-refractivity contribution in [1.29, 1.82) is 0 Å². The van der Waals surface area contributed by atoms with Gasteiger partial charge >= 0.3 is 0 Å². The molecule has 0 unspecified atom stereocenters. The molecule has 0 saturated heterocycles. The smallest absolute Gasteiger partial charge is 0.0303 e. The molecule has 0 bridgehead atoms. The zero-order valence-corrected chi connectivity index (χ0v) is 7.17. The van der Waals surface area contributed by atoms with E-state index in [9.17, 15) is 0 Å². The van der Waals surface area contributed by atoms with Gasteiger partial charge in [-0.1, -0.05) is 6.92 Å². The Bertz CT molecular complexity index is 53.9. The van der Waals surface area contributed by atoms with E-state index in [1.54, 1.807) is 0 Å². The van der Waals surface area contributed by atoms with Crippen LogP contribution in [-0.4, -0.2) is 18.3 Å². The summed E-state index contributed by atoms with van der Waals surface area (Å²) in [5.41, 5.74) is 5.45. The summed E-state index contributed by atoms with van der Waals surface area (Å²) in [6.45, 7) is 2.63. The Labute approximate surface area is 66.5 Å². The Morgan fingerprint density at radius 1 is 1.33 bits per heavy atom. The minimum absolute atomic E-state index is 0.0247. The van der Waals surface area contributed by atoms with Gasteiger partial charge < -0.3 is 5.73 Å². The Balaban J connectivity index is 3.82. The van der Waals surface area contributed by atoms with Gasteiger partial charge in [-0.05, 0) is 6.42 Å². The topological polar surface area (TPSA) is 26.0 Å². The summed E-state index contributed by atoms with van der Waals surface area (Å²) in [7, 11) is 0. The maximum Gasteiger partial charge on any atom is 0.0303 e. The van der Waals surface area contributed by atoms with Gasteiger partial charge in [0.05, 0.1) is 0 Å². The summed E-state index contributed by atoms with van der Waals surface area (Å²) in [5.74, 6) is 1.12. The van der Waals surface area contributed by atoms with E-state index in [2.05, 4.69) is 6.92 Å². The Morgan fingerprint density at radius 3 is 1.78 bits per heavy atom. The molecule has 0 amide bonds. The van der Waals surface area contributed by atoms with Crippen molar-refractivity contribution in [3.05, 3.63) is 0 Å². The molecule has 0 aromatic carbocycles. The van der Waals surface area contributed by atoms with E-state index in [0.29, 0.717) is 18.3 Å². The molecule has 0 aromatic rings. The molecule has 0 heterocycles. The average Bonchev–Trinajstić information content (AvgIpc) is 1.95. The highest BCUT2D eigenvalue weighted by molar-refractivity contribution is 6.21. The number of hydrogen-bond acceptors (Lipinski definition) is 1. The molecule has 0 saturated carbocycles. The average molecular weight is 170 g/mol.